The van der Waals surface area contributed by atoms with E-state index in [0.29, 0.717) is 12.8 Å². The van der Waals surface area contributed by atoms with Gasteiger partial charge in [-0.25, -0.2) is 4.79 Å². The lowest BCUT2D eigenvalue weighted by Gasteiger charge is -2.28. The highest BCUT2D eigenvalue weighted by atomic mass is 16.4. The largest absolute Gasteiger partial charge is 0.480 e. The van der Waals surface area contributed by atoms with Crippen molar-refractivity contribution >= 4 is 29.7 Å². The van der Waals surface area contributed by atoms with Gasteiger partial charge in [0.2, 0.25) is 17.7 Å². The van der Waals surface area contributed by atoms with E-state index in [1.54, 1.807) is 20.8 Å². The third-order valence-electron chi connectivity index (χ3n) is 5.44. The Hall–Kier alpha value is -2.93. The van der Waals surface area contributed by atoms with Crippen molar-refractivity contribution in [2.24, 2.45) is 34.0 Å². The maximum Gasteiger partial charge on any atom is 0.328 e. The lowest BCUT2D eigenvalue weighted by Crippen LogP contribution is -2.59. The Kier molecular flexibility index (Phi) is 13.8. The van der Waals surface area contributed by atoms with Crippen LogP contribution in [0.5, 0.6) is 0 Å². The zero-order valence-electron chi connectivity index (χ0n) is 20.6. The summed E-state index contributed by atoms with van der Waals surface area (Å²) in [6, 6.07) is -4.52. The Labute approximate surface area is 200 Å². The topological polar surface area (TPSA) is 235 Å². The fourth-order valence-electron chi connectivity index (χ4n) is 2.93. The van der Waals surface area contributed by atoms with Crippen LogP contribution in [0.2, 0.25) is 0 Å². The van der Waals surface area contributed by atoms with Crippen LogP contribution in [0.25, 0.3) is 0 Å². The molecule has 6 unspecified atom stereocenters. The molecule has 0 rings (SSSR count). The normalized spacial score (nSPS) is 16.4. The van der Waals surface area contributed by atoms with Gasteiger partial charge in [0.05, 0.1) is 12.1 Å². The molecule has 0 aliphatic heterocycles. The second-order valence-electron chi connectivity index (χ2n) is 8.72. The molecule has 0 saturated carbocycles. The number of aliphatic carboxylic acids is 1. The Balaban J connectivity index is 5.67. The summed E-state index contributed by atoms with van der Waals surface area (Å²) in [6.07, 6.45) is -0.446. The first kappa shape index (κ1) is 31.1. The van der Waals surface area contributed by atoms with Gasteiger partial charge in [-0.1, -0.05) is 34.1 Å². The minimum absolute atomic E-state index is 0.0766. The molecule has 0 aromatic rings. The van der Waals surface area contributed by atoms with Gasteiger partial charge in [0.25, 0.3) is 0 Å². The number of hydrogen-bond acceptors (Lipinski definition) is 7. The highest BCUT2D eigenvalue weighted by molar-refractivity contribution is 5.94. The Morgan fingerprint density at radius 1 is 0.912 bits per heavy atom. The molecule has 0 aliphatic rings. The van der Waals surface area contributed by atoms with E-state index < -0.39 is 54.0 Å². The molecule has 11 N–H and O–H groups in total. The number of carboxylic acid groups (broad SMARTS) is 1. The standard InChI is InChI=1S/C21H41N7O6/c1-6-11(4)15(27-18(31)14(22)10(2)3)19(32)26-13(8-7-9-25-21(23)24)17(30)28-16(12(5)29)20(33)34/h10-16,29H,6-9,22H2,1-5H3,(H,26,32)(H,27,31)(H,28,30)(H,33,34)(H4,23,24,25). The molecule has 0 aromatic carbocycles. The van der Waals surface area contributed by atoms with Crippen molar-refractivity contribution in [1.29, 1.82) is 0 Å². The van der Waals surface area contributed by atoms with E-state index in [1.165, 1.54) is 6.92 Å². The number of rotatable bonds is 15. The summed E-state index contributed by atoms with van der Waals surface area (Å²) in [5, 5.41) is 26.4. The van der Waals surface area contributed by atoms with Crippen molar-refractivity contribution in [2.45, 2.75) is 84.2 Å². The van der Waals surface area contributed by atoms with E-state index in [2.05, 4.69) is 20.9 Å². The number of amides is 3. The van der Waals surface area contributed by atoms with Gasteiger partial charge in [-0.3, -0.25) is 19.4 Å². The maximum absolute atomic E-state index is 13.1. The summed E-state index contributed by atoms with van der Waals surface area (Å²) < 4.78 is 0. The molecular weight excluding hydrogens is 446 g/mol. The SMILES string of the molecule is CCC(C)C(NC(=O)C(N)C(C)C)C(=O)NC(CCCN=C(N)N)C(=O)NC(C(=O)O)C(C)O. The number of aliphatic imine (C=N–C) groups is 1. The van der Waals surface area contributed by atoms with Crippen LogP contribution in [0.3, 0.4) is 0 Å². The van der Waals surface area contributed by atoms with Gasteiger partial charge >= 0.3 is 5.97 Å². The molecule has 0 saturated heterocycles. The van der Waals surface area contributed by atoms with Crippen LogP contribution in [0, 0.1) is 11.8 Å². The summed E-state index contributed by atoms with van der Waals surface area (Å²) in [4.78, 5) is 53.6. The molecular formula is C21H41N7O6. The molecule has 34 heavy (non-hydrogen) atoms. The van der Waals surface area contributed by atoms with Crippen molar-refractivity contribution < 1.29 is 29.4 Å². The van der Waals surface area contributed by atoms with Crippen LogP contribution in [-0.4, -0.2) is 76.7 Å². The minimum atomic E-state index is -1.57. The first-order valence-corrected chi connectivity index (χ1v) is 11.4. The van der Waals surface area contributed by atoms with Crippen LogP contribution in [0.15, 0.2) is 4.99 Å². The van der Waals surface area contributed by atoms with E-state index in [4.69, 9.17) is 17.2 Å². The van der Waals surface area contributed by atoms with Crippen LogP contribution >= 0.6 is 0 Å². The zero-order chi connectivity index (χ0) is 26.6. The number of nitrogens with one attached hydrogen (secondary N) is 3. The molecule has 3 amide bonds. The smallest absolute Gasteiger partial charge is 0.328 e. The van der Waals surface area contributed by atoms with E-state index >= 15 is 0 Å². The summed E-state index contributed by atoms with van der Waals surface area (Å²) in [7, 11) is 0. The van der Waals surface area contributed by atoms with Gasteiger partial charge in [-0.15, -0.1) is 0 Å². The lowest BCUT2D eigenvalue weighted by atomic mass is 9.96. The molecule has 13 heteroatoms. The predicted molar refractivity (Wildman–Crippen MR) is 127 cm³/mol. The van der Waals surface area contributed by atoms with Crippen LogP contribution in [0.4, 0.5) is 0 Å². The van der Waals surface area contributed by atoms with Gasteiger partial charge in [-0.2, -0.15) is 0 Å². The number of carbonyl (C=O) groups excluding carboxylic acids is 3. The number of aliphatic hydroxyl groups excluding tert-OH is 1. The van der Waals surface area contributed by atoms with E-state index in [9.17, 15) is 29.4 Å². The van der Waals surface area contributed by atoms with Gasteiger partial charge < -0.3 is 43.4 Å². The fraction of sp³-hybridized carbons (Fsp3) is 0.762. The number of hydrogen-bond donors (Lipinski definition) is 8. The molecule has 13 nitrogen and oxygen atoms in total. The average Bonchev–Trinajstić information content (AvgIpc) is 2.75. The number of nitrogens with two attached hydrogens (primary N) is 3. The second-order valence-corrected chi connectivity index (χ2v) is 8.72. The van der Waals surface area contributed by atoms with E-state index in [0.717, 1.165) is 0 Å². The molecule has 0 bridgehead atoms. The predicted octanol–water partition coefficient (Wildman–Crippen LogP) is -2.01. The fourth-order valence-corrected chi connectivity index (χ4v) is 2.93. The van der Waals surface area contributed by atoms with Gasteiger partial charge in [0, 0.05) is 6.54 Å². The Bertz CT molecular complexity index is 724. The highest BCUT2D eigenvalue weighted by Gasteiger charge is 2.33. The van der Waals surface area contributed by atoms with Crippen molar-refractivity contribution in [1.82, 2.24) is 16.0 Å². The van der Waals surface area contributed by atoms with Crippen molar-refractivity contribution in [3.63, 3.8) is 0 Å². The monoisotopic (exact) mass is 487 g/mol. The quantitative estimate of drug-likeness (QED) is 0.0722. The lowest BCUT2D eigenvalue weighted by molar-refractivity contribution is -0.145. The van der Waals surface area contributed by atoms with Gasteiger partial charge in [0.1, 0.15) is 12.1 Å². The number of carbonyl (C=O) groups is 4. The molecule has 0 fully saturated rings. The Morgan fingerprint density at radius 2 is 1.47 bits per heavy atom. The molecule has 0 aromatic heterocycles. The molecule has 0 aliphatic carbocycles. The summed E-state index contributed by atoms with van der Waals surface area (Å²) in [5.41, 5.74) is 16.5. The number of guanidine groups is 1. The first-order chi connectivity index (χ1) is 15.7. The summed E-state index contributed by atoms with van der Waals surface area (Å²) in [5.74, 6) is -3.92. The van der Waals surface area contributed by atoms with Crippen molar-refractivity contribution in [3.05, 3.63) is 0 Å². The van der Waals surface area contributed by atoms with Crippen molar-refractivity contribution in [3.8, 4) is 0 Å². The number of carboxylic acids is 1. The second kappa shape index (κ2) is 15.1. The van der Waals surface area contributed by atoms with Gasteiger partial charge in [0.15, 0.2) is 12.0 Å². The molecule has 196 valence electrons. The molecule has 0 heterocycles. The van der Waals surface area contributed by atoms with Crippen LogP contribution in [-0.2, 0) is 19.2 Å². The van der Waals surface area contributed by atoms with E-state index in [1.807, 2.05) is 6.92 Å². The number of nitrogens with zero attached hydrogens (tertiary/aromatic N) is 1. The first-order valence-electron chi connectivity index (χ1n) is 11.4. The van der Waals surface area contributed by atoms with E-state index in [-0.39, 0.29) is 30.8 Å². The highest BCUT2D eigenvalue weighted by Crippen LogP contribution is 2.11. The summed E-state index contributed by atoms with van der Waals surface area (Å²) >= 11 is 0. The molecule has 0 radical (unpaired) electrons. The summed E-state index contributed by atoms with van der Waals surface area (Å²) in [6.45, 7) is 8.57. The minimum Gasteiger partial charge on any atom is -0.480 e. The third kappa shape index (κ3) is 10.8. The van der Waals surface area contributed by atoms with Crippen LogP contribution in [0.1, 0.15) is 53.9 Å². The number of aliphatic hydroxyl groups is 1. The third-order valence-corrected chi connectivity index (χ3v) is 5.44. The molecule has 0 spiro atoms. The molecule has 6 atom stereocenters. The van der Waals surface area contributed by atoms with Gasteiger partial charge in [-0.05, 0) is 31.6 Å². The zero-order valence-corrected chi connectivity index (χ0v) is 20.6. The van der Waals surface area contributed by atoms with Crippen molar-refractivity contribution in [2.75, 3.05) is 6.54 Å². The maximum atomic E-state index is 13.1. The Morgan fingerprint density at radius 3 is 1.91 bits per heavy atom. The van der Waals surface area contributed by atoms with Crippen LogP contribution < -0.4 is 33.2 Å². The average molecular weight is 488 g/mol.